The maximum Gasteiger partial charge on any atom is 0.275 e. The monoisotopic (exact) mass is 402 g/mol. The molecule has 2 aromatic carbocycles. The smallest absolute Gasteiger partial charge is 0.275 e. The van der Waals surface area contributed by atoms with Crippen LogP contribution in [0.1, 0.15) is 48.2 Å². The van der Waals surface area contributed by atoms with Gasteiger partial charge in [0.25, 0.3) is 5.91 Å². The van der Waals surface area contributed by atoms with Crippen LogP contribution in [-0.2, 0) is 13.6 Å². The first-order valence-electron chi connectivity index (χ1n) is 11.1. The SMILES string of the molecule is CN1C2CCCC1CC(N(Cc1ccccc1)C(=O)c1nn(C)c3ccccc13)C2. The summed E-state index contributed by atoms with van der Waals surface area (Å²) < 4.78 is 1.83. The summed E-state index contributed by atoms with van der Waals surface area (Å²) in [5.74, 6) is 0.0586. The van der Waals surface area contributed by atoms with E-state index in [4.69, 9.17) is 0 Å². The van der Waals surface area contributed by atoms with E-state index >= 15 is 0 Å². The lowest BCUT2D eigenvalue weighted by molar-refractivity contribution is 0.00774. The third-order valence-corrected chi connectivity index (χ3v) is 7.17. The molecule has 2 aliphatic rings. The Morgan fingerprint density at radius 2 is 1.67 bits per heavy atom. The molecule has 0 spiro atoms. The number of rotatable bonds is 4. The van der Waals surface area contributed by atoms with Gasteiger partial charge in [0.2, 0.25) is 0 Å². The summed E-state index contributed by atoms with van der Waals surface area (Å²) >= 11 is 0. The van der Waals surface area contributed by atoms with Crippen LogP contribution in [0.2, 0.25) is 0 Å². The first-order valence-corrected chi connectivity index (χ1v) is 11.1. The molecule has 0 aliphatic carbocycles. The van der Waals surface area contributed by atoms with Gasteiger partial charge in [0.15, 0.2) is 5.69 Å². The number of para-hydroxylation sites is 1. The van der Waals surface area contributed by atoms with Crippen LogP contribution in [-0.4, -0.2) is 50.7 Å². The van der Waals surface area contributed by atoms with Gasteiger partial charge in [-0.15, -0.1) is 0 Å². The molecule has 0 N–H and O–H groups in total. The molecule has 156 valence electrons. The fraction of sp³-hybridized carbons (Fsp3) is 0.440. The summed E-state index contributed by atoms with van der Waals surface area (Å²) in [5, 5.41) is 5.59. The first-order chi connectivity index (χ1) is 14.6. The second-order valence-corrected chi connectivity index (χ2v) is 8.94. The molecule has 0 saturated carbocycles. The fourth-order valence-electron chi connectivity index (χ4n) is 5.50. The minimum atomic E-state index is 0.0586. The van der Waals surface area contributed by atoms with Gasteiger partial charge in [0.05, 0.1) is 5.52 Å². The first kappa shape index (κ1) is 19.3. The molecular weight excluding hydrogens is 372 g/mol. The van der Waals surface area contributed by atoms with Crippen LogP contribution in [0.25, 0.3) is 10.9 Å². The Bertz CT molecular complexity index is 1030. The van der Waals surface area contributed by atoms with Gasteiger partial charge >= 0.3 is 0 Å². The number of amides is 1. The van der Waals surface area contributed by atoms with Crippen molar-refractivity contribution in [2.45, 2.75) is 56.8 Å². The number of fused-ring (bicyclic) bond motifs is 3. The second-order valence-electron chi connectivity index (χ2n) is 8.94. The van der Waals surface area contributed by atoms with Gasteiger partial charge in [-0.05, 0) is 44.4 Å². The Morgan fingerprint density at radius 1 is 1.00 bits per heavy atom. The largest absolute Gasteiger partial charge is 0.330 e. The highest BCUT2D eigenvalue weighted by molar-refractivity contribution is 6.05. The molecule has 5 nitrogen and oxygen atoms in total. The second kappa shape index (κ2) is 7.88. The molecule has 0 radical (unpaired) electrons. The zero-order valence-electron chi connectivity index (χ0n) is 17.9. The zero-order valence-corrected chi connectivity index (χ0v) is 17.9. The number of aromatic nitrogens is 2. The van der Waals surface area contributed by atoms with Gasteiger partial charge in [0.1, 0.15) is 0 Å². The predicted octanol–water partition coefficient (Wildman–Crippen LogP) is 4.23. The van der Waals surface area contributed by atoms with E-state index in [0.29, 0.717) is 24.3 Å². The molecule has 2 fully saturated rings. The summed E-state index contributed by atoms with van der Waals surface area (Å²) in [4.78, 5) is 18.6. The molecule has 30 heavy (non-hydrogen) atoms. The van der Waals surface area contributed by atoms with Crippen LogP contribution < -0.4 is 0 Å². The molecule has 5 rings (SSSR count). The Morgan fingerprint density at radius 3 is 2.40 bits per heavy atom. The molecule has 1 amide bonds. The number of hydrogen-bond acceptors (Lipinski definition) is 3. The Labute approximate surface area is 178 Å². The number of carbonyl (C=O) groups is 1. The van der Waals surface area contributed by atoms with E-state index in [0.717, 1.165) is 23.7 Å². The molecule has 3 heterocycles. The minimum Gasteiger partial charge on any atom is -0.330 e. The van der Waals surface area contributed by atoms with Crippen molar-refractivity contribution in [3.05, 3.63) is 65.9 Å². The molecule has 1 aromatic heterocycles. The van der Waals surface area contributed by atoms with E-state index in [1.54, 1.807) is 0 Å². The van der Waals surface area contributed by atoms with Crippen molar-refractivity contribution in [3.63, 3.8) is 0 Å². The Hall–Kier alpha value is -2.66. The number of nitrogens with zero attached hydrogens (tertiary/aromatic N) is 4. The highest BCUT2D eigenvalue weighted by atomic mass is 16.2. The third kappa shape index (κ3) is 3.41. The predicted molar refractivity (Wildman–Crippen MR) is 119 cm³/mol. The summed E-state index contributed by atoms with van der Waals surface area (Å²) in [5.41, 5.74) is 2.75. The van der Waals surface area contributed by atoms with Crippen molar-refractivity contribution in [2.24, 2.45) is 7.05 Å². The van der Waals surface area contributed by atoms with Crippen LogP contribution in [0.15, 0.2) is 54.6 Å². The van der Waals surface area contributed by atoms with Crippen LogP contribution >= 0.6 is 0 Å². The summed E-state index contributed by atoms with van der Waals surface area (Å²) in [7, 11) is 4.18. The van der Waals surface area contributed by atoms with Crippen LogP contribution in [0.5, 0.6) is 0 Å². The zero-order chi connectivity index (χ0) is 20.7. The Balaban J connectivity index is 1.51. The van der Waals surface area contributed by atoms with E-state index in [1.807, 2.05) is 42.1 Å². The maximum absolute atomic E-state index is 13.9. The van der Waals surface area contributed by atoms with E-state index in [1.165, 1.54) is 24.8 Å². The average molecular weight is 403 g/mol. The topological polar surface area (TPSA) is 41.4 Å². The number of benzene rings is 2. The van der Waals surface area contributed by atoms with Crippen LogP contribution in [0.3, 0.4) is 0 Å². The van der Waals surface area contributed by atoms with E-state index in [-0.39, 0.29) is 11.9 Å². The van der Waals surface area contributed by atoms with Crippen molar-refractivity contribution >= 4 is 16.8 Å². The van der Waals surface area contributed by atoms with Crippen molar-refractivity contribution in [1.82, 2.24) is 19.6 Å². The fourth-order valence-corrected chi connectivity index (χ4v) is 5.50. The molecule has 2 bridgehead atoms. The lowest BCUT2D eigenvalue weighted by Crippen LogP contribution is -2.56. The number of carbonyl (C=O) groups excluding carboxylic acids is 1. The van der Waals surface area contributed by atoms with Gasteiger partial charge in [-0.25, -0.2) is 0 Å². The summed E-state index contributed by atoms with van der Waals surface area (Å²) in [6.07, 6.45) is 5.89. The van der Waals surface area contributed by atoms with Crippen LogP contribution in [0.4, 0.5) is 0 Å². The van der Waals surface area contributed by atoms with E-state index < -0.39 is 0 Å². The van der Waals surface area contributed by atoms with Crippen molar-refractivity contribution < 1.29 is 4.79 Å². The molecule has 2 saturated heterocycles. The van der Waals surface area contributed by atoms with Gasteiger partial charge in [-0.1, -0.05) is 55.0 Å². The number of aryl methyl sites for hydroxylation is 1. The van der Waals surface area contributed by atoms with Crippen LogP contribution in [0, 0.1) is 0 Å². The van der Waals surface area contributed by atoms with Crippen molar-refractivity contribution in [3.8, 4) is 0 Å². The average Bonchev–Trinajstić information content (AvgIpc) is 3.09. The molecule has 3 aromatic rings. The number of piperidine rings is 2. The molecular formula is C25H30N4O. The minimum absolute atomic E-state index is 0.0586. The number of hydrogen-bond donors (Lipinski definition) is 0. The summed E-state index contributed by atoms with van der Waals surface area (Å²) in [6.45, 7) is 0.637. The van der Waals surface area contributed by atoms with Gasteiger partial charge in [-0.2, -0.15) is 5.10 Å². The van der Waals surface area contributed by atoms with E-state index in [2.05, 4.69) is 46.2 Å². The van der Waals surface area contributed by atoms with Gasteiger partial charge in [-0.3, -0.25) is 9.48 Å². The normalized spacial score (nSPS) is 24.1. The molecule has 2 atom stereocenters. The molecule has 5 heteroatoms. The summed E-state index contributed by atoms with van der Waals surface area (Å²) in [6, 6.07) is 19.8. The van der Waals surface area contributed by atoms with Crippen molar-refractivity contribution in [2.75, 3.05) is 7.05 Å². The van der Waals surface area contributed by atoms with Crippen molar-refractivity contribution in [1.29, 1.82) is 0 Å². The standard InChI is InChI=1S/C25H30N4O/c1-27-19-11-8-12-20(27)16-21(15-19)29(17-18-9-4-3-5-10-18)25(30)24-22-13-6-7-14-23(22)28(2)26-24/h3-7,9-10,13-14,19-21H,8,11-12,15-17H2,1-2H3. The third-order valence-electron chi connectivity index (χ3n) is 7.17. The highest BCUT2D eigenvalue weighted by Crippen LogP contribution is 2.36. The lowest BCUT2D eigenvalue weighted by atomic mass is 9.81. The highest BCUT2D eigenvalue weighted by Gasteiger charge is 2.40. The van der Waals surface area contributed by atoms with E-state index in [9.17, 15) is 4.79 Å². The lowest BCUT2D eigenvalue weighted by Gasteiger charge is -2.49. The molecule has 2 unspecified atom stereocenters. The quantitative estimate of drug-likeness (QED) is 0.656. The Kier molecular flexibility index (Phi) is 5.07. The van der Waals surface area contributed by atoms with Gasteiger partial charge < -0.3 is 9.80 Å². The maximum atomic E-state index is 13.9. The molecule has 2 aliphatic heterocycles. The van der Waals surface area contributed by atoms with Gasteiger partial charge in [0, 0.05) is 37.1 Å².